The van der Waals surface area contributed by atoms with Crippen LogP contribution in [0.1, 0.15) is 26.2 Å². The number of carbonyl (C=O) groups excluding carboxylic acids is 2. The van der Waals surface area contributed by atoms with E-state index in [0.29, 0.717) is 36.2 Å². The fraction of sp³-hybridized carbons (Fsp3) is 0.500. The van der Waals surface area contributed by atoms with Gasteiger partial charge in [0.25, 0.3) is 0 Å². The van der Waals surface area contributed by atoms with Gasteiger partial charge < -0.3 is 14.4 Å². The normalized spacial score (nSPS) is 16.6. The Morgan fingerprint density at radius 3 is 2.89 bits per heavy atom. The molecular weight excluding hydrogens is 382 g/mol. The molecule has 9 nitrogen and oxygen atoms in total. The fourth-order valence-electron chi connectivity index (χ4n) is 3.15. The summed E-state index contributed by atoms with van der Waals surface area (Å²) < 4.78 is 12.0. The zero-order valence-corrected chi connectivity index (χ0v) is 16.7. The van der Waals surface area contributed by atoms with E-state index in [2.05, 4.69) is 15.5 Å². The summed E-state index contributed by atoms with van der Waals surface area (Å²) in [6.07, 6.45) is 2.42. The molecule has 1 aromatic heterocycles. The van der Waals surface area contributed by atoms with Gasteiger partial charge in [-0.25, -0.2) is 4.79 Å². The highest BCUT2D eigenvalue weighted by atomic mass is 32.2. The van der Waals surface area contributed by atoms with E-state index in [1.54, 1.807) is 18.9 Å². The van der Waals surface area contributed by atoms with Gasteiger partial charge in [0.2, 0.25) is 11.1 Å². The van der Waals surface area contributed by atoms with E-state index in [0.717, 1.165) is 12.8 Å². The van der Waals surface area contributed by atoms with Crippen LogP contribution in [-0.2, 0) is 14.3 Å². The molecule has 0 radical (unpaired) electrons. The predicted octanol–water partition coefficient (Wildman–Crippen LogP) is 1.71. The predicted molar refractivity (Wildman–Crippen MR) is 102 cm³/mol. The van der Waals surface area contributed by atoms with E-state index in [9.17, 15) is 9.59 Å². The minimum atomic E-state index is -0.507. The molecule has 1 aromatic carbocycles. The van der Waals surface area contributed by atoms with Crippen molar-refractivity contribution in [2.75, 3.05) is 26.0 Å². The van der Waals surface area contributed by atoms with Gasteiger partial charge in [-0.1, -0.05) is 23.9 Å². The molecule has 2 heterocycles. The molecule has 0 N–H and O–H groups in total. The molecule has 1 aliphatic heterocycles. The smallest absolute Gasteiger partial charge is 0.328 e. The number of aromatic nitrogens is 4. The topological polar surface area (TPSA) is 99.4 Å². The van der Waals surface area contributed by atoms with Crippen LogP contribution < -0.4 is 4.74 Å². The number of amides is 1. The fourth-order valence-corrected chi connectivity index (χ4v) is 3.92. The number of nitrogens with zero attached hydrogens (tertiary/aromatic N) is 5. The van der Waals surface area contributed by atoms with Crippen molar-refractivity contribution in [1.29, 1.82) is 0 Å². The number of hydrogen-bond donors (Lipinski definition) is 0. The highest BCUT2D eigenvalue weighted by molar-refractivity contribution is 7.99. The second-order valence-electron chi connectivity index (χ2n) is 6.18. The Kier molecular flexibility index (Phi) is 6.85. The van der Waals surface area contributed by atoms with E-state index in [-0.39, 0.29) is 17.6 Å². The molecule has 0 saturated carbocycles. The molecule has 0 spiro atoms. The standard InChI is InChI=1S/C18H23N5O4S/c1-3-27-17(25)14-9-6-7-11-22(14)16(24)12-28-18-19-20-21-23(18)13-8-4-5-10-15(13)26-2/h4-5,8,10,14H,3,6-7,9,11-12H2,1-2H3/t14-/m1/s1. The van der Waals surface area contributed by atoms with Crippen LogP contribution in [-0.4, -0.2) is 69.0 Å². The summed E-state index contributed by atoms with van der Waals surface area (Å²) >= 11 is 1.22. The van der Waals surface area contributed by atoms with E-state index < -0.39 is 6.04 Å². The molecular formula is C18H23N5O4S. The Balaban J connectivity index is 1.70. The summed E-state index contributed by atoms with van der Waals surface area (Å²) in [4.78, 5) is 26.6. The molecule has 150 valence electrons. The van der Waals surface area contributed by atoms with Gasteiger partial charge in [-0.15, -0.1) is 5.10 Å². The lowest BCUT2D eigenvalue weighted by Gasteiger charge is -2.33. The van der Waals surface area contributed by atoms with Crippen LogP contribution in [0.2, 0.25) is 0 Å². The molecule has 1 amide bonds. The molecule has 2 aromatic rings. The van der Waals surface area contributed by atoms with Crippen LogP contribution >= 0.6 is 11.8 Å². The van der Waals surface area contributed by atoms with Crippen molar-refractivity contribution in [2.45, 2.75) is 37.4 Å². The molecule has 1 atom stereocenters. The molecule has 1 fully saturated rings. The number of carbonyl (C=O) groups is 2. The van der Waals surface area contributed by atoms with Crippen molar-refractivity contribution in [3.8, 4) is 11.4 Å². The van der Waals surface area contributed by atoms with Crippen LogP contribution in [0, 0.1) is 0 Å². The second-order valence-corrected chi connectivity index (χ2v) is 7.13. The third-order valence-corrected chi connectivity index (χ3v) is 5.36. The zero-order valence-electron chi connectivity index (χ0n) is 15.9. The quantitative estimate of drug-likeness (QED) is 0.507. The maximum Gasteiger partial charge on any atom is 0.328 e. The monoisotopic (exact) mass is 405 g/mol. The van der Waals surface area contributed by atoms with Crippen molar-refractivity contribution >= 4 is 23.6 Å². The summed E-state index contributed by atoms with van der Waals surface area (Å²) in [6.45, 7) is 2.63. The average molecular weight is 405 g/mol. The van der Waals surface area contributed by atoms with Gasteiger partial charge in [0.15, 0.2) is 0 Å². The average Bonchev–Trinajstić information content (AvgIpc) is 3.20. The SMILES string of the molecule is CCOC(=O)[C@H]1CCCCN1C(=O)CSc1nnnn1-c1ccccc1OC. The van der Waals surface area contributed by atoms with Crippen LogP contribution in [0.5, 0.6) is 5.75 Å². The third kappa shape index (κ3) is 4.44. The van der Waals surface area contributed by atoms with Crippen molar-refractivity contribution in [3.63, 3.8) is 0 Å². The number of thioether (sulfide) groups is 1. The molecule has 1 aliphatic rings. The zero-order chi connectivity index (χ0) is 19.9. The van der Waals surface area contributed by atoms with Crippen LogP contribution in [0.3, 0.4) is 0 Å². The first-order chi connectivity index (χ1) is 13.7. The number of rotatable bonds is 7. The molecule has 10 heteroatoms. The number of esters is 1. The van der Waals surface area contributed by atoms with Gasteiger partial charge in [0, 0.05) is 6.54 Å². The number of likely N-dealkylation sites (tertiary alicyclic amines) is 1. The molecule has 3 rings (SSSR count). The summed E-state index contributed by atoms with van der Waals surface area (Å²) in [5, 5.41) is 12.2. The lowest BCUT2D eigenvalue weighted by molar-refractivity contribution is -0.155. The Labute approximate surface area is 167 Å². The molecule has 1 saturated heterocycles. The lowest BCUT2D eigenvalue weighted by Crippen LogP contribution is -2.49. The van der Waals surface area contributed by atoms with Gasteiger partial charge in [-0.3, -0.25) is 4.79 Å². The van der Waals surface area contributed by atoms with Crippen molar-refractivity contribution in [1.82, 2.24) is 25.1 Å². The Morgan fingerprint density at radius 1 is 1.29 bits per heavy atom. The number of ether oxygens (including phenoxy) is 2. The van der Waals surface area contributed by atoms with Gasteiger partial charge in [0.05, 0.1) is 19.5 Å². The Morgan fingerprint density at radius 2 is 2.11 bits per heavy atom. The van der Waals surface area contributed by atoms with E-state index in [4.69, 9.17) is 9.47 Å². The Bertz CT molecular complexity index is 828. The van der Waals surface area contributed by atoms with Crippen molar-refractivity contribution in [2.24, 2.45) is 0 Å². The van der Waals surface area contributed by atoms with Crippen LogP contribution in [0.4, 0.5) is 0 Å². The van der Waals surface area contributed by atoms with Crippen LogP contribution in [0.15, 0.2) is 29.4 Å². The first-order valence-corrected chi connectivity index (χ1v) is 10.1. The second kappa shape index (κ2) is 9.54. The Hall–Kier alpha value is -2.62. The van der Waals surface area contributed by atoms with Gasteiger partial charge in [0.1, 0.15) is 17.5 Å². The number of hydrogen-bond acceptors (Lipinski definition) is 8. The summed E-state index contributed by atoms with van der Waals surface area (Å²) in [6, 6.07) is 6.86. The first kappa shape index (κ1) is 20.1. The van der Waals surface area contributed by atoms with Crippen molar-refractivity contribution < 1.29 is 19.1 Å². The number of tetrazole rings is 1. The number of benzene rings is 1. The van der Waals surface area contributed by atoms with E-state index >= 15 is 0 Å². The van der Waals surface area contributed by atoms with Gasteiger partial charge >= 0.3 is 5.97 Å². The highest BCUT2D eigenvalue weighted by Crippen LogP contribution is 2.26. The number of methoxy groups -OCH3 is 1. The molecule has 0 unspecified atom stereocenters. The minimum absolute atomic E-state index is 0.127. The molecule has 28 heavy (non-hydrogen) atoms. The highest BCUT2D eigenvalue weighted by Gasteiger charge is 2.33. The molecule has 0 bridgehead atoms. The summed E-state index contributed by atoms with van der Waals surface area (Å²) in [5.41, 5.74) is 0.687. The largest absolute Gasteiger partial charge is 0.494 e. The van der Waals surface area contributed by atoms with Gasteiger partial charge in [-0.2, -0.15) is 4.68 Å². The maximum absolute atomic E-state index is 12.8. The first-order valence-electron chi connectivity index (χ1n) is 9.16. The molecule has 0 aliphatic carbocycles. The minimum Gasteiger partial charge on any atom is -0.494 e. The number of para-hydroxylation sites is 2. The van der Waals surface area contributed by atoms with E-state index in [1.807, 2.05) is 24.3 Å². The summed E-state index contributed by atoms with van der Waals surface area (Å²) in [7, 11) is 1.57. The summed E-state index contributed by atoms with van der Waals surface area (Å²) in [5.74, 6) is 0.295. The van der Waals surface area contributed by atoms with Crippen LogP contribution in [0.25, 0.3) is 5.69 Å². The maximum atomic E-state index is 12.8. The third-order valence-electron chi connectivity index (χ3n) is 4.46. The van der Waals surface area contributed by atoms with Crippen molar-refractivity contribution in [3.05, 3.63) is 24.3 Å². The lowest BCUT2D eigenvalue weighted by atomic mass is 10.0. The van der Waals surface area contributed by atoms with E-state index in [1.165, 1.54) is 16.4 Å². The number of piperidine rings is 1. The van der Waals surface area contributed by atoms with Gasteiger partial charge in [-0.05, 0) is 48.7 Å².